The maximum Gasteiger partial charge on any atom is 0.00639 e. The molecule has 2 unspecified atom stereocenters. The van der Waals surface area contributed by atoms with Crippen molar-refractivity contribution in [3.05, 3.63) is 24.3 Å². The Bertz CT molecular complexity index is 188. The first-order chi connectivity index (χ1) is 4.81. The molecule has 0 aromatic rings. The van der Waals surface area contributed by atoms with Gasteiger partial charge in [0, 0.05) is 5.41 Å². The Labute approximate surface area is 62.6 Å². The first kappa shape index (κ1) is 6.21. The quantitative estimate of drug-likeness (QED) is 0.447. The van der Waals surface area contributed by atoms with Gasteiger partial charge in [0.25, 0.3) is 0 Å². The van der Waals surface area contributed by atoms with Gasteiger partial charge in [-0.1, -0.05) is 31.2 Å². The maximum atomic E-state index is 2.38. The minimum absolute atomic E-state index is 0.429. The van der Waals surface area contributed by atoms with Crippen LogP contribution in [0.1, 0.15) is 26.2 Å². The molecule has 0 aromatic carbocycles. The Morgan fingerprint density at radius 1 is 1.30 bits per heavy atom. The van der Waals surface area contributed by atoms with E-state index in [2.05, 4.69) is 31.2 Å². The lowest BCUT2D eigenvalue weighted by molar-refractivity contribution is 0.317. The molecule has 10 heavy (non-hydrogen) atoms. The molecule has 0 heteroatoms. The maximum absolute atomic E-state index is 2.38. The Kier molecular flexibility index (Phi) is 1.23. The highest BCUT2D eigenvalue weighted by Gasteiger charge is 2.33. The van der Waals surface area contributed by atoms with Gasteiger partial charge in [-0.25, -0.2) is 0 Å². The second-order valence-electron chi connectivity index (χ2n) is 3.68. The van der Waals surface area contributed by atoms with E-state index >= 15 is 0 Å². The molecular formula is C10H14. The zero-order valence-corrected chi connectivity index (χ0v) is 6.51. The van der Waals surface area contributed by atoms with E-state index in [1.54, 1.807) is 0 Å². The summed E-state index contributed by atoms with van der Waals surface area (Å²) in [6.07, 6.45) is 13.4. The molecule has 0 N–H and O–H groups in total. The van der Waals surface area contributed by atoms with Crippen molar-refractivity contribution in [2.75, 3.05) is 0 Å². The van der Waals surface area contributed by atoms with Crippen molar-refractivity contribution in [1.29, 1.82) is 0 Å². The highest BCUT2D eigenvalue weighted by molar-refractivity contribution is 5.20. The van der Waals surface area contributed by atoms with Gasteiger partial charge in [0.1, 0.15) is 0 Å². The first-order valence-electron chi connectivity index (χ1n) is 4.17. The van der Waals surface area contributed by atoms with Crippen molar-refractivity contribution in [1.82, 2.24) is 0 Å². The van der Waals surface area contributed by atoms with Crippen LogP contribution in [0.4, 0.5) is 0 Å². The molecule has 0 radical (unpaired) electrons. The van der Waals surface area contributed by atoms with Crippen LogP contribution < -0.4 is 0 Å². The lowest BCUT2D eigenvalue weighted by Crippen LogP contribution is -2.21. The summed E-state index contributed by atoms with van der Waals surface area (Å²) in [7, 11) is 0. The molecule has 0 saturated heterocycles. The fourth-order valence-corrected chi connectivity index (χ4v) is 2.13. The second-order valence-corrected chi connectivity index (χ2v) is 3.68. The molecule has 0 amide bonds. The van der Waals surface area contributed by atoms with E-state index in [0.29, 0.717) is 5.41 Å². The van der Waals surface area contributed by atoms with Gasteiger partial charge < -0.3 is 0 Å². The topological polar surface area (TPSA) is 0 Å². The molecule has 0 bridgehead atoms. The molecule has 0 aliphatic heterocycles. The van der Waals surface area contributed by atoms with Gasteiger partial charge in [-0.2, -0.15) is 0 Å². The van der Waals surface area contributed by atoms with Gasteiger partial charge in [0.05, 0.1) is 0 Å². The lowest BCUT2D eigenvalue weighted by atomic mass is 9.74. The SMILES string of the molecule is CC12C=CCCC1CC=C2. The molecule has 0 heterocycles. The van der Waals surface area contributed by atoms with Crippen LogP contribution in [0.15, 0.2) is 24.3 Å². The van der Waals surface area contributed by atoms with Crippen molar-refractivity contribution in [2.24, 2.45) is 11.3 Å². The molecule has 0 spiro atoms. The largest absolute Gasteiger partial charge is 0.0877 e. The summed E-state index contributed by atoms with van der Waals surface area (Å²) in [6, 6.07) is 0. The third kappa shape index (κ3) is 0.749. The number of hydrogen-bond donors (Lipinski definition) is 0. The van der Waals surface area contributed by atoms with Gasteiger partial charge >= 0.3 is 0 Å². The number of fused-ring (bicyclic) bond motifs is 1. The molecule has 2 aliphatic carbocycles. The summed E-state index contributed by atoms with van der Waals surface area (Å²) in [5.74, 6) is 0.914. The van der Waals surface area contributed by atoms with Gasteiger partial charge in [-0.15, -0.1) is 0 Å². The minimum atomic E-state index is 0.429. The average Bonchev–Trinajstić information content (AvgIpc) is 2.29. The van der Waals surface area contributed by atoms with Crippen LogP contribution in [0.25, 0.3) is 0 Å². The van der Waals surface area contributed by atoms with Crippen LogP contribution in [0.2, 0.25) is 0 Å². The third-order valence-electron chi connectivity index (χ3n) is 2.94. The van der Waals surface area contributed by atoms with Crippen LogP contribution in [0, 0.1) is 11.3 Å². The van der Waals surface area contributed by atoms with Gasteiger partial charge in [-0.05, 0) is 25.2 Å². The van der Waals surface area contributed by atoms with Crippen molar-refractivity contribution in [2.45, 2.75) is 26.2 Å². The van der Waals surface area contributed by atoms with Gasteiger partial charge in [0.15, 0.2) is 0 Å². The Hall–Kier alpha value is -0.520. The Morgan fingerprint density at radius 3 is 2.90 bits per heavy atom. The van der Waals surface area contributed by atoms with Crippen LogP contribution >= 0.6 is 0 Å². The number of hydrogen-bond acceptors (Lipinski definition) is 0. The van der Waals surface area contributed by atoms with E-state index in [1.165, 1.54) is 19.3 Å². The molecule has 2 aliphatic rings. The van der Waals surface area contributed by atoms with E-state index in [1.807, 2.05) is 0 Å². The Balaban J connectivity index is 2.30. The van der Waals surface area contributed by atoms with Crippen molar-refractivity contribution >= 4 is 0 Å². The van der Waals surface area contributed by atoms with Gasteiger partial charge in [0.2, 0.25) is 0 Å². The van der Waals surface area contributed by atoms with Crippen LogP contribution in [0.3, 0.4) is 0 Å². The molecule has 54 valence electrons. The van der Waals surface area contributed by atoms with E-state index in [9.17, 15) is 0 Å². The van der Waals surface area contributed by atoms with Crippen molar-refractivity contribution in [3.8, 4) is 0 Å². The molecule has 0 nitrogen and oxygen atoms in total. The zero-order chi connectivity index (χ0) is 7.03. The van der Waals surface area contributed by atoms with Crippen LogP contribution in [-0.2, 0) is 0 Å². The predicted octanol–water partition coefficient (Wildman–Crippen LogP) is 2.92. The molecule has 2 rings (SSSR count). The summed E-state index contributed by atoms with van der Waals surface area (Å²) in [6.45, 7) is 2.34. The lowest BCUT2D eigenvalue weighted by Gasteiger charge is -2.30. The summed E-state index contributed by atoms with van der Waals surface area (Å²) >= 11 is 0. The monoisotopic (exact) mass is 134 g/mol. The zero-order valence-electron chi connectivity index (χ0n) is 6.51. The van der Waals surface area contributed by atoms with Crippen LogP contribution in [0.5, 0.6) is 0 Å². The van der Waals surface area contributed by atoms with Crippen molar-refractivity contribution < 1.29 is 0 Å². The fraction of sp³-hybridized carbons (Fsp3) is 0.600. The second kappa shape index (κ2) is 1.98. The van der Waals surface area contributed by atoms with E-state index in [4.69, 9.17) is 0 Å². The highest BCUT2D eigenvalue weighted by atomic mass is 14.4. The summed E-state index contributed by atoms with van der Waals surface area (Å²) in [5.41, 5.74) is 0.429. The molecule has 0 aromatic heterocycles. The average molecular weight is 134 g/mol. The summed E-state index contributed by atoms with van der Waals surface area (Å²) in [5, 5.41) is 0. The molecular weight excluding hydrogens is 120 g/mol. The van der Waals surface area contributed by atoms with E-state index in [0.717, 1.165) is 5.92 Å². The highest BCUT2D eigenvalue weighted by Crippen LogP contribution is 2.44. The van der Waals surface area contributed by atoms with Crippen LogP contribution in [-0.4, -0.2) is 0 Å². The molecule has 2 atom stereocenters. The fourth-order valence-electron chi connectivity index (χ4n) is 2.13. The predicted molar refractivity (Wildman–Crippen MR) is 43.7 cm³/mol. The number of allylic oxidation sites excluding steroid dienone is 4. The first-order valence-corrected chi connectivity index (χ1v) is 4.17. The molecule has 0 saturated carbocycles. The van der Waals surface area contributed by atoms with E-state index in [-0.39, 0.29) is 0 Å². The van der Waals surface area contributed by atoms with Crippen molar-refractivity contribution in [3.63, 3.8) is 0 Å². The Morgan fingerprint density at radius 2 is 2.10 bits per heavy atom. The summed E-state index contributed by atoms with van der Waals surface area (Å²) in [4.78, 5) is 0. The summed E-state index contributed by atoms with van der Waals surface area (Å²) < 4.78 is 0. The van der Waals surface area contributed by atoms with E-state index < -0.39 is 0 Å². The standard InChI is InChI=1S/C10H14/c1-10-7-3-2-5-9(10)6-4-8-10/h3-4,7-9H,2,5-6H2,1H3. The molecule has 0 fully saturated rings. The number of rotatable bonds is 0. The third-order valence-corrected chi connectivity index (χ3v) is 2.94. The van der Waals surface area contributed by atoms with Gasteiger partial charge in [-0.3, -0.25) is 0 Å². The minimum Gasteiger partial charge on any atom is -0.0877 e. The normalized spacial score (nSPS) is 43.9. The smallest absolute Gasteiger partial charge is 0.00639 e.